The van der Waals surface area contributed by atoms with Crippen LogP contribution in [0.4, 0.5) is 11.4 Å². The predicted molar refractivity (Wildman–Crippen MR) is 129 cm³/mol. The van der Waals surface area contributed by atoms with E-state index in [4.69, 9.17) is 28.1 Å². The normalized spacial score (nSPS) is 13.2. The van der Waals surface area contributed by atoms with E-state index in [0.29, 0.717) is 40.5 Å². The van der Waals surface area contributed by atoms with Crippen molar-refractivity contribution in [2.45, 2.75) is 58.7 Å². The summed E-state index contributed by atoms with van der Waals surface area (Å²) in [6.07, 6.45) is 3.22. The van der Waals surface area contributed by atoms with Crippen LogP contribution < -0.4 is 22.3 Å². The smallest absolute Gasteiger partial charge is 0.261 e. The van der Waals surface area contributed by atoms with Crippen molar-refractivity contribution >= 4 is 40.2 Å². The minimum absolute atomic E-state index is 0.0122. The Morgan fingerprint density at radius 2 is 2.00 bits per heavy atom. The quantitative estimate of drug-likeness (QED) is 0.190. The number of aromatic nitrogens is 3. The number of hydrogen-bond acceptors (Lipinski definition) is 7. The zero-order chi connectivity index (χ0) is 23.4. The number of pyridine rings is 1. The summed E-state index contributed by atoms with van der Waals surface area (Å²) in [5.74, 6) is 0.735. The third kappa shape index (κ3) is 4.76. The summed E-state index contributed by atoms with van der Waals surface area (Å²) in [7, 11) is 0. The first-order chi connectivity index (χ1) is 15.3. The minimum atomic E-state index is -0.784. The first-order valence-electron chi connectivity index (χ1n) is 10.8. The third-order valence-electron chi connectivity index (χ3n) is 5.56. The molecule has 0 bridgehead atoms. The maximum atomic E-state index is 13.5. The number of aryl methyl sites for hydroxylation is 1. The molecule has 0 saturated carbocycles. The van der Waals surface area contributed by atoms with Crippen LogP contribution in [0.3, 0.4) is 0 Å². The standard InChI is InChI=1S/C23H29ClN6O2/c1-4-6-7-20-29-21-15(22(26)28-17-8-9-19(24)27-18(17)12-31)10-14(25)11-16(21)23(32)30(20)13(3)5-2/h8-13,22,28H,4-7,25-26H2,1-3H3. The van der Waals surface area contributed by atoms with Crippen LogP contribution in [-0.4, -0.2) is 20.8 Å². The second-order valence-electron chi connectivity index (χ2n) is 7.88. The summed E-state index contributed by atoms with van der Waals surface area (Å²) in [5, 5.41) is 3.70. The first-order valence-corrected chi connectivity index (χ1v) is 11.2. The molecule has 0 aliphatic rings. The van der Waals surface area contributed by atoms with Crippen LogP contribution in [0.1, 0.15) is 74.1 Å². The van der Waals surface area contributed by atoms with Gasteiger partial charge in [0.1, 0.15) is 22.8 Å². The molecular weight excluding hydrogens is 428 g/mol. The number of hydrogen-bond donors (Lipinski definition) is 3. The highest BCUT2D eigenvalue weighted by Gasteiger charge is 2.20. The third-order valence-corrected chi connectivity index (χ3v) is 5.77. The van der Waals surface area contributed by atoms with Gasteiger partial charge in [0.2, 0.25) is 0 Å². The zero-order valence-electron chi connectivity index (χ0n) is 18.6. The summed E-state index contributed by atoms with van der Waals surface area (Å²) < 4.78 is 1.77. The summed E-state index contributed by atoms with van der Waals surface area (Å²) in [6.45, 7) is 6.16. The number of nitrogens with one attached hydrogen (secondary N) is 1. The lowest BCUT2D eigenvalue weighted by Crippen LogP contribution is -2.29. The number of carbonyl (C=O) groups is 1. The lowest BCUT2D eigenvalue weighted by molar-refractivity contribution is 0.112. The topological polar surface area (TPSA) is 129 Å². The fourth-order valence-electron chi connectivity index (χ4n) is 3.69. The predicted octanol–water partition coefficient (Wildman–Crippen LogP) is 4.22. The molecule has 2 unspecified atom stereocenters. The Hall–Kier alpha value is -2.97. The molecule has 3 aromatic rings. The molecular formula is C23H29ClN6O2. The minimum Gasteiger partial charge on any atom is -0.399 e. The lowest BCUT2D eigenvalue weighted by Gasteiger charge is -2.22. The van der Waals surface area contributed by atoms with Crippen LogP contribution in [0.25, 0.3) is 10.9 Å². The Kier molecular flexibility index (Phi) is 7.48. The monoisotopic (exact) mass is 456 g/mol. The van der Waals surface area contributed by atoms with E-state index in [-0.39, 0.29) is 22.4 Å². The molecule has 0 radical (unpaired) electrons. The average Bonchev–Trinajstić information content (AvgIpc) is 2.78. The number of nitrogens with two attached hydrogens (primary N) is 2. The highest BCUT2D eigenvalue weighted by atomic mass is 35.5. The largest absolute Gasteiger partial charge is 0.399 e. The average molecular weight is 457 g/mol. The van der Waals surface area contributed by atoms with Gasteiger partial charge < -0.3 is 16.8 Å². The maximum Gasteiger partial charge on any atom is 0.261 e. The number of anilines is 2. The van der Waals surface area contributed by atoms with Crippen molar-refractivity contribution in [3.8, 4) is 0 Å². The van der Waals surface area contributed by atoms with Gasteiger partial charge in [0, 0.05) is 23.7 Å². The van der Waals surface area contributed by atoms with E-state index in [1.54, 1.807) is 28.8 Å². The van der Waals surface area contributed by atoms with Crippen LogP contribution in [0.2, 0.25) is 5.15 Å². The van der Waals surface area contributed by atoms with Gasteiger partial charge in [-0.2, -0.15) is 0 Å². The van der Waals surface area contributed by atoms with Crippen molar-refractivity contribution in [2.24, 2.45) is 5.73 Å². The van der Waals surface area contributed by atoms with E-state index in [1.807, 2.05) is 13.8 Å². The Bertz CT molecular complexity index is 1190. The van der Waals surface area contributed by atoms with Gasteiger partial charge in [0.25, 0.3) is 5.56 Å². The number of nitrogen functional groups attached to an aromatic ring is 1. The highest BCUT2D eigenvalue weighted by Crippen LogP contribution is 2.27. The van der Waals surface area contributed by atoms with E-state index in [0.717, 1.165) is 25.1 Å². The summed E-state index contributed by atoms with van der Waals surface area (Å²) in [5.41, 5.74) is 14.5. The summed E-state index contributed by atoms with van der Waals surface area (Å²) >= 11 is 5.88. The number of carbonyl (C=O) groups excluding carboxylic acids is 1. The van der Waals surface area contributed by atoms with Crippen LogP contribution in [-0.2, 0) is 6.42 Å². The van der Waals surface area contributed by atoms with Crippen molar-refractivity contribution in [2.75, 3.05) is 11.1 Å². The number of nitrogens with zero attached hydrogens (tertiary/aromatic N) is 3. The van der Waals surface area contributed by atoms with Crippen LogP contribution >= 0.6 is 11.6 Å². The van der Waals surface area contributed by atoms with Gasteiger partial charge in [-0.15, -0.1) is 0 Å². The summed E-state index contributed by atoms with van der Waals surface area (Å²) in [4.78, 5) is 33.8. The van der Waals surface area contributed by atoms with E-state index >= 15 is 0 Å². The Morgan fingerprint density at radius 1 is 1.25 bits per heavy atom. The molecule has 0 aliphatic heterocycles. The molecule has 0 spiro atoms. The van der Waals surface area contributed by atoms with Crippen molar-refractivity contribution < 1.29 is 4.79 Å². The van der Waals surface area contributed by atoms with Gasteiger partial charge in [-0.3, -0.25) is 14.2 Å². The van der Waals surface area contributed by atoms with Gasteiger partial charge in [-0.1, -0.05) is 31.9 Å². The molecule has 8 nitrogen and oxygen atoms in total. The Morgan fingerprint density at radius 3 is 2.66 bits per heavy atom. The van der Waals surface area contributed by atoms with Crippen molar-refractivity contribution in [1.29, 1.82) is 0 Å². The molecule has 2 heterocycles. The van der Waals surface area contributed by atoms with Gasteiger partial charge in [-0.05, 0) is 44.0 Å². The van der Waals surface area contributed by atoms with E-state index in [2.05, 4.69) is 17.2 Å². The molecule has 0 aliphatic carbocycles. The van der Waals surface area contributed by atoms with Crippen LogP contribution in [0.5, 0.6) is 0 Å². The fourth-order valence-corrected chi connectivity index (χ4v) is 3.84. The van der Waals surface area contributed by atoms with Crippen LogP contribution in [0.15, 0.2) is 29.1 Å². The molecule has 32 heavy (non-hydrogen) atoms. The fraction of sp³-hybridized carbons (Fsp3) is 0.391. The van der Waals surface area contributed by atoms with Crippen molar-refractivity contribution in [3.63, 3.8) is 0 Å². The molecule has 9 heteroatoms. The maximum absolute atomic E-state index is 13.5. The molecule has 2 aromatic heterocycles. The van der Waals surface area contributed by atoms with Crippen molar-refractivity contribution in [1.82, 2.24) is 14.5 Å². The molecule has 1 aromatic carbocycles. The van der Waals surface area contributed by atoms with Gasteiger partial charge >= 0.3 is 0 Å². The molecule has 170 valence electrons. The highest BCUT2D eigenvalue weighted by molar-refractivity contribution is 6.29. The van der Waals surface area contributed by atoms with Crippen molar-refractivity contribution in [3.05, 3.63) is 56.9 Å². The SMILES string of the molecule is CCCCc1nc2c(C(N)Nc3ccc(Cl)nc3C=O)cc(N)cc2c(=O)n1C(C)CC. The van der Waals surface area contributed by atoms with E-state index < -0.39 is 6.17 Å². The molecule has 0 fully saturated rings. The lowest BCUT2D eigenvalue weighted by atomic mass is 10.1. The number of benzene rings is 1. The number of rotatable bonds is 9. The molecule has 0 amide bonds. The van der Waals surface area contributed by atoms with E-state index in [1.165, 1.54) is 0 Å². The Balaban J connectivity index is 2.17. The summed E-state index contributed by atoms with van der Waals surface area (Å²) in [6, 6.07) is 6.55. The Labute approximate surface area is 192 Å². The molecule has 3 rings (SSSR count). The molecule has 0 saturated heterocycles. The second kappa shape index (κ2) is 10.1. The number of aldehydes is 1. The zero-order valence-corrected chi connectivity index (χ0v) is 19.3. The number of unbranched alkanes of at least 4 members (excludes halogenated alkanes) is 1. The van der Waals surface area contributed by atoms with Crippen LogP contribution in [0, 0.1) is 0 Å². The first kappa shape index (κ1) is 23.7. The van der Waals surface area contributed by atoms with Gasteiger partial charge in [0.15, 0.2) is 6.29 Å². The van der Waals surface area contributed by atoms with Gasteiger partial charge in [0.05, 0.1) is 16.6 Å². The number of halogens is 1. The number of fused-ring (bicyclic) bond motifs is 1. The van der Waals surface area contributed by atoms with Gasteiger partial charge in [-0.25, -0.2) is 9.97 Å². The molecule has 5 N–H and O–H groups in total. The van der Waals surface area contributed by atoms with E-state index in [9.17, 15) is 9.59 Å². The second-order valence-corrected chi connectivity index (χ2v) is 8.26. The molecule has 2 atom stereocenters.